The predicted molar refractivity (Wildman–Crippen MR) is 88.0 cm³/mol. The highest BCUT2D eigenvalue weighted by Gasteiger charge is 2.17. The highest BCUT2D eigenvalue weighted by molar-refractivity contribution is 7.10. The molecule has 1 aliphatic heterocycles. The number of hydrogen-bond donors (Lipinski definition) is 2. The molecule has 0 aliphatic carbocycles. The second-order valence-electron chi connectivity index (χ2n) is 5.51. The van der Waals surface area contributed by atoms with Gasteiger partial charge in [-0.25, -0.2) is 0 Å². The fraction of sp³-hybridized carbons (Fsp3) is 0.294. The minimum Gasteiger partial charge on any atom is -0.349 e. The summed E-state index contributed by atoms with van der Waals surface area (Å²) in [5.74, 6) is 0.0959. The van der Waals surface area contributed by atoms with E-state index in [0.29, 0.717) is 12.8 Å². The molecule has 0 fully saturated rings. The molecule has 22 heavy (non-hydrogen) atoms. The van der Waals surface area contributed by atoms with Crippen molar-refractivity contribution in [2.45, 2.75) is 32.2 Å². The number of carbonyl (C=O) groups is 2. The summed E-state index contributed by atoms with van der Waals surface area (Å²) in [6.45, 7) is 1.98. The third-order valence-electron chi connectivity index (χ3n) is 3.82. The number of amides is 2. The van der Waals surface area contributed by atoms with Crippen molar-refractivity contribution in [3.63, 3.8) is 0 Å². The summed E-state index contributed by atoms with van der Waals surface area (Å²) in [5, 5.41) is 7.88. The molecule has 0 radical (unpaired) electrons. The number of carbonyl (C=O) groups excluding carboxylic acids is 2. The lowest BCUT2D eigenvalue weighted by Crippen LogP contribution is -2.28. The van der Waals surface area contributed by atoms with Crippen molar-refractivity contribution < 1.29 is 9.59 Å². The third kappa shape index (κ3) is 3.36. The first-order valence-electron chi connectivity index (χ1n) is 7.36. The second kappa shape index (κ2) is 6.32. The normalized spacial score (nSPS) is 14.9. The van der Waals surface area contributed by atoms with E-state index in [1.54, 1.807) is 11.3 Å². The van der Waals surface area contributed by atoms with Crippen molar-refractivity contribution in [1.82, 2.24) is 5.32 Å². The predicted octanol–water partition coefficient (Wildman–Crippen LogP) is 3.05. The molecule has 5 heteroatoms. The van der Waals surface area contributed by atoms with Gasteiger partial charge in [-0.2, -0.15) is 0 Å². The van der Waals surface area contributed by atoms with Crippen LogP contribution in [-0.4, -0.2) is 11.8 Å². The first kappa shape index (κ1) is 14.8. The Bertz CT molecular complexity index is 695. The summed E-state index contributed by atoms with van der Waals surface area (Å²) >= 11 is 1.59. The van der Waals surface area contributed by atoms with Crippen molar-refractivity contribution in [1.29, 1.82) is 0 Å². The molecular weight excluding hydrogens is 296 g/mol. The smallest absolute Gasteiger partial charge is 0.225 e. The second-order valence-corrected chi connectivity index (χ2v) is 6.54. The Morgan fingerprint density at radius 1 is 1.36 bits per heavy atom. The molecule has 1 atom stereocenters. The minimum absolute atomic E-state index is 0.0287. The van der Waals surface area contributed by atoms with Crippen LogP contribution in [0.25, 0.3) is 0 Å². The molecule has 3 rings (SSSR count). The summed E-state index contributed by atoms with van der Waals surface area (Å²) in [6.07, 6.45) is 1.70. The van der Waals surface area contributed by atoms with E-state index in [0.717, 1.165) is 28.1 Å². The number of rotatable bonds is 4. The van der Waals surface area contributed by atoms with Gasteiger partial charge in [-0.05, 0) is 42.0 Å². The van der Waals surface area contributed by atoms with E-state index in [2.05, 4.69) is 16.7 Å². The van der Waals surface area contributed by atoms with Crippen molar-refractivity contribution in [3.05, 3.63) is 51.7 Å². The highest BCUT2D eigenvalue weighted by atomic mass is 32.1. The molecule has 0 unspecified atom stereocenters. The molecule has 2 amide bonds. The number of nitrogens with one attached hydrogen (secondary N) is 2. The summed E-state index contributed by atoms with van der Waals surface area (Å²) in [6, 6.07) is 9.83. The molecule has 1 aromatic heterocycles. The summed E-state index contributed by atoms with van der Waals surface area (Å²) in [4.78, 5) is 24.5. The first-order valence-corrected chi connectivity index (χ1v) is 8.24. The lowest BCUT2D eigenvalue weighted by molar-refractivity contribution is -0.121. The topological polar surface area (TPSA) is 58.2 Å². The summed E-state index contributed by atoms with van der Waals surface area (Å²) in [7, 11) is 0. The van der Waals surface area contributed by atoms with E-state index in [1.165, 1.54) is 0 Å². The van der Waals surface area contributed by atoms with Crippen LogP contribution in [-0.2, 0) is 22.4 Å². The molecule has 2 heterocycles. The summed E-state index contributed by atoms with van der Waals surface area (Å²) < 4.78 is 0. The molecule has 4 nitrogen and oxygen atoms in total. The van der Waals surface area contributed by atoms with Crippen LogP contribution in [0.4, 0.5) is 5.69 Å². The number of benzene rings is 1. The summed E-state index contributed by atoms with van der Waals surface area (Å²) in [5.41, 5.74) is 3.09. The van der Waals surface area contributed by atoms with E-state index in [-0.39, 0.29) is 17.9 Å². The molecule has 0 saturated heterocycles. The van der Waals surface area contributed by atoms with Gasteiger partial charge in [0.2, 0.25) is 11.8 Å². The van der Waals surface area contributed by atoms with E-state index in [4.69, 9.17) is 0 Å². The molecule has 114 valence electrons. The molecule has 1 aromatic carbocycles. The van der Waals surface area contributed by atoms with E-state index < -0.39 is 0 Å². The van der Waals surface area contributed by atoms with Gasteiger partial charge in [-0.1, -0.05) is 18.2 Å². The number of fused-ring (bicyclic) bond motifs is 1. The maximum atomic E-state index is 12.1. The number of thiophene rings is 1. The van der Waals surface area contributed by atoms with Gasteiger partial charge in [0.25, 0.3) is 0 Å². The quantitative estimate of drug-likeness (QED) is 0.911. The zero-order chi connectivity index (χ0) is 15.5. The minimum atomic E-state index is -0.0459. The van der Waals surface area contributed by atoms with Gasteiger partial charge in [-0.15, -0.1) is 11.3 Å². The molecule has 0 saturated carbocycles. The largest absolute Gasteiger partial charge is 0.349 e. The van der Waals surface area contributed by atoms with E-state index in [9.17, 15) is 9.59 Å². The Kier molecular flexibility index (Phi) is 4.24. The molecule has 0 spiro atoms. The molecule has 2 N–H and O–H groups in total. The van der Waals surface area contributed by atoms with Crippen molar-refractivity contribution in [3.8, 4) is 0 Å². The third-order valence-corrected chi connectivity index (χ3v) is 4.69. The molecular formula is C17H18N2O2S. The highest BCUT2D eigenvalue weighted by Crippen LogP contribution is 2.26. The van der Waals surface area contributed by atoms with Crippen LogP contribution in [0.1, 0.15) is 35.4 Å². The number of aryl methyl sites for hydroxylation is 1. The average molecular weight is 314 g/mol. The van der Waals surface area contributed by atoms with Crippen molar-refractivity contribution in [2.24, 2.45) is 0 Å². The van der Waals surface area contributed by atoms with Crippen LogP contribution in [0.5, 0.6) is 0 Å². The van der Waals surface area contributed by atoms with Crippen molar-refractivity contribution in [2.75, 3.05) is 5.32 Å². The first-order chi connectivity index (χ1) is 10.6. The molecule has 1 aliphatic rings. The van der Waals surface area contributed by atoms with Crippen LogP contribution in [0.3, 0.4) is 0 Å². The van der Waals surface area contributed by atoms with Gasteiger partial charge in [0, 0.05) is 17.0 Å². The lowest BCUT2D eigenvalue weighted by Gasteiger charge is -2.20. The standard InChI is InChI=1S/C17H18N2O2S/c1-11(18-17(21)10-14-3-2-8-22-14)12-4-6-15-13(9-12)5-7-16(20)19-15/h2-4,6,8-9,11H,5,7,10H2,1H3,(H,18,21)(H,19,20)/t11-/m0/s1. The van der Waals surface area contributed by atoms with Gasteiger partial charge >= 0.3 is 0 Å². The fourth-order valence-corrected chi connectivity index (χ4v) is 3.32. The lowest BCUT2D eigenvalue weighted by atomic mass is 9.98. The Balaban J connectivity index is 1.66. The van der Waals surface area contributed by atoms with Gasteiger partial charge in [-0.3, -0.25) is 9.59 Å². The van der Waals surface area contributed by atoms with Crippen molar-refractivity contribution >= 4 is 28.8 Å². The maximum absolute atomic E-state index is 12.1. The fourth-order valence-electron chi connectivity index (χ4n) is 2.62. The van der Waals surface area contributed by atoms with Gasteiger partial charge in [0.1, 0.15) is 0 Å². The van der Waals surface area contributed by atoms with Gasteiger partial charge in [0.05, 0.1) is 12.5 Å². The maximum Gasteiger partial charge on any atom is 0.225 e. The average Bonchev–Trinajstić information content (AvgIpc) is 2.99. The van der Waals surface area contributed by atoms with Crippen LogP contribution in [0.2, 0.25) is 0 Å². The van der Waals surface area contributed by atoms with E-state index >= 15 is 0 Å². The van der Waals surface area contributed by atoms with Crippen LogP contribution in [0, 0.1) is 0 Å². The Labute approximate surface area is 133 Å². The number of anilines is 1. The van der Waals surface area contributed by atoms with Crippen LogP contribution >= 0.6 is 11.3 Å². The van der Waals surface area contributed by atoms with Crippen LogP contribution < -0.4 is 10.6 Å². The van der Waals surface area contributed by atoms with Crippen LogP contribution in [0.15, 0.2) is 35.7 Å². The Morgan fingerprint density at radius 2 is 2.23 bits per heavy atom. The van der Waals surface area contributed by atoms with E-state index in [1.807, 2.05) is 36.6 Å². The Hall–Kier alpha value is -2.14. The Morgan fingerprint density at radius 3 is 3.00 bits per heavy atom. The van der Waals surface area contributed by atoms with Gasteiger partial charge < -0.3 is 10.6 Å². The zero-order valence-corrected chi connectivity index (χ0v) is 13.2. The number of hydrogen-bond acceptors (Lipinski definition) is 3. The molecule has 0 bridgehead atoms. The van der Waals surface area contributed by atoms with Gasteiger partial charge in [0.15, 0.2) is 0 Å². The molecule has 2 aromatic rings. The zero-order valence-electron chi connectivity index (χ0n) is 12.4. The SMILES string of the molecule is C[C@H](NC(=O)Cc1cccs1)c1ccc2c(c1)CCC(=O)N2. The monoisotopic (exact) mass is 314 g/mol.